The second-order valence-electron chi connectivity index (χ2n) is 4.20. The number of alkyl halides is 3. The van der Waals surface area contributed by atoms with Gasteiger partial charge in [-0.25, -0.2) is 0 Å². The molecule has 0 aliphatic rings. The van der Waals surface area contributed by atoms with Gasteiger partial charge in [-0.1, -0.05) is 38.4 Å². The van der Waals surface area contributed by atoms with Gasteiger partial charge in [0.15, 0.2) is 0 Å². The summed E-state index contributed by atoms with van der Waals surface area (Å²) in [5, 5.41) is 0.303. The molecule has 0 aromatic rings. The van der Waals surface area contributed by atoms with E-state index in [1.165, 1.54) is 0 Å². The van der Waals surface area contributed by atoms with Gasteiger partial charge in [0.25, 0.3) is 5.91 Å². The van der Waals surface area contributed by atoms with E-state index < -0.39 is 28.3 Å². The predicted molar refractivity (Wildman–Crippen MR) is 64.9 cm³/mol. The number of hydrogen-bond donors (Lipinski definition) is 0. The molecule has 0 aliphatic heterocycles. The fourth-order valence-corrected chi connectivity index (χ4v) is 2.92. The summed E-state index contributed by atoms with van der Waals surface area (Å²) in [7, 11) is -0.538. The van der Waals surface area contributed by atoms with Gasteiger partial charge in [-0.05, 0) is 6.92 Å². The number of carbonyl (C=O) groups is 1. The molecular weight excluding hydrogens is 251 g/mol. The first-order chi connectivity index (χ1) is 7.55. The normalized spacial score (nSPS) is 13.7. The summed E-state index contributed by atoms with van der Waals surface area (Å²) < 4.78 is 40.5. The van der Waals surface area contributed by atoms with Crippen LogP contribution in [0.2, 0.25) is 0 Å². The maximum Gasteiger partial charge on any atom is 0.412 e. The third-order valence-electron chi connectivity index (χ3n) is 1.95. The molecule has 2 nitrogen and oxygen atoms in total. The fourth-order valence-electron chi connectivity index (χ4n) is 1.15. The Kier molecular flexibility index (Phi) is 6.09. The van der Waals surface area contributed by atoms with Crippen molar-refractivity contribution in [1.29, 1.82) is 0 Å². The fraction of sp³-hybridized carbons (Fsp3) is 0.727. The second-order valence-corrected chi connectivity index (χ2v) is 6.96. The zero-order chi connectivity index (χ0) is 13.8. The van der Waals surface area contributed by atoms with Crippen molar-refractivity contribution in [2.75, 3.05) is 0 Å². The van der Waals surface area contributed by atoms with Gasteiger partial charge in [-0.3, -0.25) is 4.79 Å². The molecule has 100 valence electrons. The molecule has 6 heteroatoms. The van der Waals surface area contributed by atoms with Gasteiger partial charge in [-0.15, -0.1) is 0 Å². The van der Waals surface area contributed by atoms with Gasteiger partial charge < -0.3 is 0 Å². The quantitative estimate of drug-likeness (QED) is 0.719. The van der Waals surface area contributed by atoms with Crippen LogP contribution in [0.25, 0.3) is 0 Å². The Bertz CT molecular complexity index is 333. The molecule has 0 unspecified atom stereocenters. The smallest absolute Gasteiger partial charge is 0.267 e. The zero-order valence-corrected chi connectivity index (χ0v) is 11.4. The van der Waals surface area contributed by atoms with Gasteiger partial charge in [-0.2, -0.15) is 17.5 Å². The number of hydrogen-bond acceptors (Lipinski definition) is 1. The van der Waals surface area contributed by atoms with Crippen LogP contribution in [0, 0.1) is 0 Å². The topological polar surface area (TPSA) is 29.4 Å². The van der Waals surface area contributed by atoms with E-state index in [4.69, 9.17) is 0 Å². The Morgan fingerprint density at radius 2 is 1.59 bits per heavy atom. The van der Waals surface area contributed by atoms with Gasteiger partial charge in [0.2, 0.25) is 0 Å². The van der Waals surface area contributed by atoms with Crippen LogP contribution in [0.3, 0.4) is 0 Å². The molecular formula is C11H18F3NOS. The van der Waals surface area contributed by atoms with Gasteiger partial charge >= 0.3 is 6.18 Å². The predicted octanol–water partition coefficient (Wildman–Crippen LogP) is 3.64. The van der Waals surface area contributed by atoms with E-state index in [0.29, 0.717) is 6.08 Å². The minimum Gasteiger partial charge on any atom is -0.267 e. The molecule has 0 bridgehead atoms. The van der Waals surface area contributed by atoms with Crippen LogP contribution in [-0.4, -0.2) is 22.6 Å². The largest absolute Gasteiger partial charge is 0.412 e. The molecule has 0 radical (unpaired) electrons. The molecule has 0 spiro atoms. The van der Waals surface area contributed by atoms with Crippen LogP contribution < -0.4 is 0 Å². The molecule has 0 saturated carbocycles. The number of nitrogens with zero attached hydrogens (tertiary/aromatic N) is 1. The molecule has 0 heterocycles. The average molecular weight is 269 g/mol. The highest BCUT2D eigenvalue weighted by atomic mass is 32.2. The molecule has 0 saturated heterocycles. The van der Waals surface area contributed by atoms with Crippen LogP contribution in [0.5, 0.6) is 0 Å². The van der Waals surface area contributed by atoms with Crippen molar-refractivity contribution in [2.24, 2.45) is 4.36 Å². The van der Waals surface area contributed by atoms with Crippen LogP contribution in [-0.2, 0) is 15.5 Å². The number of allylic oxidation sites excluding steroid dienone is 1. The minimum absolute atomic E-state index is 0.151. The molecule has 0 atom stereocenters. The Morgan fingerprint density at radius 1 is 1.18 bits per heavy atom. The lowest BCUT2D eigenvalue weighted by atomic mass is 10.3. The summed E-state index contributed by atoms with van der Waals surface area (Å²) in [6.07, 6.45) is -3.90. The molecule has 0 aromatic heterocycles. The van der Waals surface area contributed by atoms with Crippen molar-refractivity contribution >= 4 is 16.6 Å². The highest BCUT2D eigenvalue weighted by Gasteiger charge is 2.30. The summed E-state index contributed by atoms with van der Waals surface area (Å²) in [4.78, 5) is 11.4. The molecule has 0 fully saturated rings. The van der Waals surface area contributed by atoms with E-state index in [-0.39, 0.29) is 10.5 Å². The lowest BCUT2D eigenvalue weighted by Gasteiger charge is -2.14. The number of amides is 1. The third-order valence-corrected chi connectivity index (χ3v) is 4.27. The third kappa shape index (κ3) is 6.00. The first-order valence-corrected chi connectivity index (χ1v) is 6.59. The SMILES string of the molecule is C/C(=C\C(=O)N=S(C(C)C)C(C)C)C(F)(F)F. The van der Waals surface area contributed by atoms with E-state index in [0.717, 1.165) is 6.92 Å². The van der Waals surface area contributed by atoms with Gasteiger partial charge in [0.1, 0.15) is 0 Å². The summed E-state index contributed by atoms with van der Waals surface area (Å²) in [6.45, 7) is 8.48. The molecule has 1 amide bonds. The lowest BCUT2D eigenvalue weighted by Crippen LogP contribution is -2.17. The van der Waals surface area contributed by atoms with Crippen LogP contribution in [0.4, 0.5) is 13.2 Å². The second kappa shape index (κ2) is 6.33. The van der Waals surface area contributed by atoms with E-state index in [1.807, 2.05) is 27.7 Å². The standard InChI is InChI=1S/C11H18F3NOS/c1-7(2)17(8(3)4)15-10(16)6-9(5)11(12,13)14/h6-8H,1-5H3/b9-6+. The molecule has 0 aliphatic carbocycles. The Hall–Kier alpha value is -0.650. The zero-order valence-electron chi connectivity index (χ0n) is 10.6. The maximum atomic E-state index is 12.2. The maximum absolute atomic E-state index is 12.2. The van der Waals surface area contributed by atoms with E-state index >= 15 is 0 Å². The van der Waals surface area contributed by atoms with Crippen molar-refractivity contribution in [1.82, 2.24) is 0 Å². The number of halogens is 3. The van der Waals surface area contributed by atoms with E-state index in [1.54, 1.807) is 0 Å². The van der Waals surface area contributed by atoms with Crippen LogP contribution in [0.1, 0.15) is 34.6 Å². The highest BCUT2D eigenvalue weighted by Crippen LogP contribution is 2.24. The van der Waals surface area contributed by atoms with Crippen molar-refractivity contribution in [3.8, 4) is 0 Å². The summed E-state index contributed by atoms with van der Waals surface area (Å²) in [5.74, 6) is -0.800. The first-order valence-electron chi connectivity index (χ1n) is 5.29. The molecule has 17 heavy (non-hydrogen) atoms. The summed E-state index contributed by atoms with van der Waals surface area (Å²) >= 11 is 0. The number of rotatable bonds is 3. The average Bonchev–Trinajstić information content (AvgIpc) is 2.11. The molecule has 0 rings (SSSR count). The van der Waals surface area contributed by atoms with Crippen LogP contribution in [0.15, 0.2) is 16.0 Å². The molecule has 0 N–H and O–H groups in total. The Morgan fingerprint density at radius 3 is 1.88 bits per heavy atom. The highest BCUT2D eigenvalue weighted by molar-refractivity contribution is 7.88. The van der Waals surface area contributed by atoms with Crippen molar-refractivity contribution < 1.29 is 18.0 Å². The van der Waals surface area contributed by atoms with E-state index in [2.05, 4.69) is 4.36 Å². The van der Waals surface area contributed by atoms with Crippen LogP contribution >= 0.6 is 0 Å². The number of carbonyl (C=O) groups excluding carboxylic acids is 1. The van der Waals surface area contributed by atoms with Gasteiger partial charge in [0, 0.05) is 22.1 Å². The first kappa shape index (κ1) is 16.4. The van der Waals surface area contributed by atoms with Crippen molar-refractivity contribution in [2.45, 2.75) is 51.3 Å². The van der Waals surface area contributed by atoms with Crippen molar-refractivity contribution in [3.63, 3.8) is 0 Å². The Labute approximate surface area is 102 Å². The monoisotopic (exact) mass is 269 g/mol. The summed E-state index contributed by atoms with van der Waals surface area (Å²) in [5.41, 5.74) is -0.915. The van der Waals surface area contributed by atoms with Crippen molar-refractivity contribution in [3.05, 3.63) is 11.6 Å². The minimum atomic E-state index is -4.46. The molecule has 0 aromatic carbocycles. The lowest BCUT2D eigenvalue weighted by molar-refractivity contribution is -0.114. The Balaban J connectivity index is 5.03. The van der Waals surface area contributed by atoms with E-state index in [9.17, 15) is 18.0 Å². The summed E-state index contributed by atoms with van der Waals surface area (Å²) in [6, 6.07) is 0. The van der Waals surface area contributed by atoms with Gasteiger partial charge in [0.05, 0.1) is 0 Å².